The third-order valence-electron chi connectivity index (χ3n) is 2.19. The summed E-state index contributed by atoms with van der Waals surface area (Å²) in [5.41, 5.74) is 1.12. The molecule has 1 heterocycles. The second kappa shape index (κ2) is 6.40. The second-order valence-corrected chi connectivity index (χ2v) is 4.04. The lowest BCUT2D eigenvalue weighted by Gasteiger charge is -2.06. The second-order valence-electron chi connectivity index (χ2n) is 4.04. The lowest BCUT2D eigenvalue weighted by molar-refractivity contribution is 0.110. The molecule has 15 heavy (non-hydrogen) atoms. The van der Waals surface area contributed by atoms with Crippen molar-refractivity contribution in [2.24, 2.45) is 5.92 Å². The minimum absolute atomic E-state index is 0.656. The number of nitrogens with zero attached hydrogens (tertiary/aromatic N) is 1. The molecule has 0 spiro atoms. The van der Waals surface area contributed by atoms with E-state index < -0.39 is 0 Å². The number of aromatic nitrogens is 1. The topological polar surface area (TPSA) is 34.1 Å². The number of pyridine rings is 1. The van der Waals surface area contributed by atoms with Gasteiger partial charge in [-0.3, -0.25) is 0 Å². The number of hydrogen-bond acceptors (Lipinski definition) is 3. The summed E-state index contributed by atoms with van der Waals surface area (Å²) in [5, 5.41) is 2.98. The fraction of sp³-hybridized carbons (Fsp3) is 0.583. The number of nitrogens with one attached hydrogen (secondary N) is 1. The van der Waals surface area contributed by atoms with E-state index in [1.165, 1.54) is 0 Å². The Morgan fingerprint density at radius 1 is 1.40 bits per heavy atom. The van der Waals surface area contributed by atoms with E-state index >= 15 is 0 Å². The van der Waals surface area contributed by atoms with Crippen molar-refractivity contribution in [3.05, 3.63) is 23.9 Å². The molecule has 0 radical (unpaired) electrons. The molecule has 0 saturated heterocycles. The quantitative estimate of drug-likeness (QED) is 0.730. The van der Waals surface area contributed by atoms with Crippen LogP contribution < -0.4 is 5.32 Å². The molecule has 1 N–H and O–H groups in total. The minimum atomic E-state index is 0.656. The standard InChI is InChI=1S/C12H20N2O/c1-10(2)6-7-15-9-11-4-5-12(13-3)14-8-11/h4-5,8,10H,6-7,9H2,1-3H3,(H,13,14). The number of ether oxygens (including phenoxy) is 1. The fourth-order valence-electron chi connectivity index (χ4n) is 1.17. The van der Waals surface area contributed by atoms with Crippen molar-refractivity contribution < 1.29 is 4.74 Å². The summed E-state index contributed by atoms with van der Waals surface area (Å²) in [6.07, 6.45) is 2.96. The first-order valence-electron chi connectivity index (χ1n) is 5.43. The van der Waals surface area contributed by atoms with Crippen LogP contribution in [0.15, 0.2) is 18.3 Å². The van der Waals surface area contributed by atoms with Gasteiger partial charge in [0.25, 0.3) is 0 Å². The molecule has 1 rings (SSSR count). The van der Waals surface area contributed by atoms with E-state index in [1.807, 2.05) is 25.4 Å². The zero-order valence-corrected chi connectivity index (χ0v) is 9.79. The molecule has 0 unspecified atom stereocenters. The van der Waals surface area contributed by atoms with Crippen LogP contribution >= 0.6 is 0 Å². The summed E-state index contributed by atoms with van der Waals surface area (Å²) in [6.45, 7) is 5.88. The third-order valence-corrected chi connectivity index (χ3v) is 2.19. The molecule has 0 aliphatic rings. The van der Waals surface area contributed by atoms with Crippen molar-refractivity contribution in [1.29, 1.82) is 0 Å². The highest BCUT2D eigenvalue weighted by atomic mass is 16.5. The van der Waals surface area contributed by atoms with Gasteiger partial charge in [-0.2, -0.15) is 0 Å². The maximum Gasteiger partial charge on any atom is 0.125 e. The molecule has 0 aliphatic carbocycles. The summed E-state index contributed by atoms with van der Waals surface area (Å²) < 4.78 is 5.54. The fourth-order valence-corrected chi connectivity index (χ4v) is 1.17. The third kappa shape index (κ3) is 4.79. The first-order chi connectivity index (χ1) is 7.22. The van der Waals surface area contributed by atoms with Crippen LogP contribution in [0.1, 0.15) is 25.8 Å². The van der Waals surface area contributed by atoms with Gasteiger partial charge < -0.3 is 10.1 Å². The van der Waals surface area contributed by atoms with E-state index in [0.717, 1.165) is 24.4 Å². The molecular formula is C12H20N2O. The van der Waals surface area contributed by atoms with E-state index in [1.54, 1.807) is 0 Å². The van der Waals surface area contributed by atoms with Crippen molar-refractivity contribution in [2.45, 2.75) is 26.9 Å². The Morgan fingerprint density at radius 3 is 2.73 bits per heavy atom. The summed E-state index contributed by atoms with van der Waals surface area (Å²) in [5.74, 6) is 1.59. The van der Waals surface area contributed by atoms with Gasteiger partial charge in [-0.25, -0.2) is 4.98 Å². The van der Waals surface area contributed by atoms with Gasteiger partial charge in [0.05, 0.1) is 6.61 Å². The predicted octanol–water partition coefficient (Wildman–Crippen LogP) is 2.69. The molecule has 1 aromatic rings. The largest absolute Gasteiger partial charge is 0.377 e. The molecule has 0 amide bonds. The van der Waals surface area contributed by atoms with Crippen molar-refractivity contribution in [3.8, 4) is 0 Å². The van der Waals surface area contributed by atoms with E-state index in [2.05, 4.69) is 24.1 Å². The molecule has 3 nitrogen and oxygen atoms in total. The van der Waals surface area contributed by atoms with Crippen molar-refractivity contribution >= 4 is 5.82 Å². The molecule has 0 aliphatic heterocycles. The number of rotatable bonds is 6. The van der Waals surface area contributed by atoms with Crippen LogP contribution in [0.25, 0.3) is 0 Å². The molecule has 84 valence electrons. The van der Waals surface area contributed by atoms with Gasteiger partial charge in [0, 0.05) is 19.9 Å². The zero-order chi connectivity index (χ0) is 11.1. The molecular weight excluding hydrogens is 188 g/mol. The highest BCUT2D eigenvalue weighted by Crippen LogP contribution is 2.06. The van der Waals surface area contributed by atoms with Gasteiger partial charge in [0.2, 0.25) is 0 Å². The van der Waals surface area contributed by atoms with E-state index in [9.17, 15) is 0 Å². The van der Waals surface area contributed by atoms with Gasteiger partial charge in [0.15, 0.2) is 0 Å². The number of anilines is 1. The minimum Gasteiger partial charge on any atom is -0.377 e. The number of hydrogen-bond donors (Lipinski definition) is 1. The lowest BCUT2D eigenvalue weighted by Crippen LogP contribution is -2.00. The average molecular weight is 208 g/mol. The lowest BCUT2D eigenvalue weighted by atomic mass is 10.1. The molecule has 0 fully saturated rings. The average Bonchev–Trinajstić information content (AvgIpc) is 2.25. The summed E-state index contributed by atoms with van der Waals surface area (Å²) in [4.78, 5) is 4.22. The Balaban J connectivity index is 2.25. The maximum atomic E-state index is 5.54. The van der Waals surface area contributed by atoms with Crippen molar-refractivity contribution in [1.82, 2.24) is 4.98 Å². The van der Waals surface area contributed by atoms with Gasteiger partial charge >= 0.3 is 0 Å². The van der Waals surface area contributed by atoms with Crippen LogP contribution in [0, 0.1) is 5.92 Å². The Bertz CT molecular complexity index is 269. The molecule has 1 aromatic heterocycles. The van der Waals surface area contributed by atoms with Gasteiger partial charge in [0.1, 0.15) is 5.82 Å². The van der Waals surface area contributed by atoms with Crippen LogP contribution in [0.4, 0.5) is 5.82 Å². The van der Waals surface area contributed by atoms with Crippen molar-refractivity contribution in [2.75, 3.05) is 19.0 Å². The van der Waals surface area contributed by atoms with Crippen LogP contribution in [0.3, 0.4) is 0 Å². The SMILES string of the molecule is CNc1ccc(COCCC(C)C)cn1. The van der Waals surface area contributed by atoms with Gasteiger partial charge in [-0.05, 0) is 24.0 Å². The van der Waals surface area contributed by atoms with Crippen LogP contribution in [-0.2, 0) is 11.3 Å². The first-order valence-corrected chi connectivity index (χ1v) is 5.43. The monoisotopic (exact) mass is 208 g/mol. The van der Waals surface area contributed by atoms with Crippen LogP contribution in [0.5, 0.6) is 0 Å². The van der Waals surface area contributed by atoms with Crippen molar-refractivity contribution in [3.63, 3.8) is 0 Å². The van der Waals surface area contributed by atoms with E-state index in [-0.39, 0.29) is 0 Å². The van der Waals surface area contributed by atoms with Crippen LogP contribution in [-0.4, -0.2) is 18.6 Å². The highest BCUT2D eigenvalue weighted by molar-refractivity contribution is 5.34. The van der Waals surface area contributed by atoms with Gasteiger partial charge in [-0.15, -0.1) is 0 Å². The zero-order valence-electron chi connectivity index (χ0n) is 9.79. The summed E-state index contributed by atoms with van der Waals surface area (Å²) >= 11 is 0. The Kier molecular flexibility index (Phi) is 5.12. The smallest absolute Gasteiger partial charge is 0.125 e. The van der Waals surface area contributed by atoms with E-state index in [4.69, 9.17) is 4.74 Å². The molecule has 3 heteroatoms. The Hall–Kier alpha value is -1.09. The Morgan fingerprint density at radius 2 is 2.20 bits per heavy atom. The Labute approximate surface area is 91.9 Å². The molecule has 0 saturated carbocycles. The molecule has 0 bridgehead atoms. The molecule has 0 aromatic carbocycles. The summed E-state index contributed by atoms with van der Waals surface area (Å²) in [7, 11) is 1.86. The normalized spacial score (nSPS) is 10.7. The highest BCUT2D eigenvalue weighted by Gasteiger charge is 1.96. The maximum absolute atomic E-state index is 5.54. The van der Waals surface area contributed by atoms with Gasteiger partial charge in [-0.1, -0.05) is 19.9 Å². The first kappa shape index (κ1) is 12.0. The van der Waals surface area contributed by atoms with E-state index in [0.29, 0.717) is 12.5 Å². The molecule has 0 atom stereocenters. The predicted molar refractivity (Wildman–Crippen MR) is 62.9 cm³/mol. The van der Waals surface area contributed by atoms with Crippen LogP contribution in [0.2, 0.25) is 0 Å². The summed E-state index contributed by atoms with van der Waals surface area (Å²) in [6, 6.07) is 4.00.